The maximum absolute atomic E-state index is 12.7. The molecule has 2 fully saturated rings. The highest BCUT2D eigenvalue weighted by atomic mass is 16.2. The molecule has 0 aromatic carbocycles. The van der Waals surface area contributed by atoms with Crippen LogP contribution in [0.5, 0.6) is 0 Å². The van der Waals surface area contributed by atoms with Crippen LogP contribution < -0.4 is 5.32 Å². The SMILES string of the molecule is Cc1cnn(CC2CC2)c1NC(=O)c1ccnn1C1CCCC1. The van der Waals surface area contributed by atoms with Gasteiger partial charge in [0, 0.05) is 18.3 Å². The highest BCUT2D eigenvalue weighted by Crippen LogP contribution is 2.32. The number of amides is 1. The average Bonchev–Trinajstić information content (AvgIpc) is 2.97. The minimum Gasteiger partial charge on any atom is -0.305 e. The monoisotopic (exact) mass is 313 g/mol. The van der Waals surface area contributed by atoms with Gasteiger partial charge in [0.25, 0.3) is 5.91 Å². The standard InChI is InChI=1S/C17H23N5O/c1-12-10-19-21(11-13-6-7-13)16(12)20-17(23)15-8-9-18-22(15)14-4-2-3-5-14/h8-10,13-14H,2-7,11H2,1H3,(H,20,23). The first-order valence-electron chi connectivity index (χ1n) is 8.59. The van der Waals surface area contributed by atoms with Crippen molar-refractivity contribution in [2.45, 2.75) is 58.0 Å². The fourth-order valence-electron chi connectivity index (χ4n) is 3.43. The number of nitrogens with one attached hydrogen (secondary N) is 1. The van der Waals surface area contributed by atoms with E-state index in [1.165, 1.54) is 25.7 Å². The number of hydrogen-bond donors (Lipinski definition) is 1. The van der Waals surface area contributed by atoms with Gasteiger partial charge < -0.3 is 5.32 Å². The van der Waals surface area contributed by atoms with Crippen molar-refractivity contribution in [3.63, 3.8) is 0 Å². The van der Waals surface area contributed by atoms with Crippen molar-refractivity contribution in [2.24, 2.45) is 5.92 Å². The Kier molecular flexibility index (Phi) is 3.67. The van der Waals surface area contributed by atoms with E-state index < -0.39 is 0 Å². The molecular formula is C17H23N5O. The third-order valence-corrected chi connectivity index (χ3v) is 4.96. The Hall–Kier alpha value is -2.11. The molecule has 23 heavy (non-hydrogen) atoms. The molecule has 0 saturated heterocycles. The van der Waals surface area contributed by atoms with Gasteiger partial charge in [0.1, 0.15) is 11.5 Å². The summed E-state index contributed by atoms with van der Waals surface area (Å²) in [6.45, 7) is 2.88. The molecule has 0 spiro atoms. The van der Waals surface area contributed by atoms with Gasteiger partial charge in [-0.05, 0) is 44.6 Å². The van der Waals surface area contributed by atoms with Crippen LogP contribution in [-0.4, -0.2) is 25.5 Å². The average molecular weight is 313 g/mol. The molecule has 1 amide bonds. The van der Waals surface area contributed by atoms with Crippen LogP contribution in [0.25, 0.3) is 0 Å². The zero-order valence-electron chi connectivity index (χ0n) is 13.5. The van der Waals surface area contributed by atoms with E-state index in [9.17, 15) is 4.79 Å². The first kappa shape index (κ1) is 14.5. The van der Waals surface area contributed by atoms with Crippen LogP contribution in [0, 0.1) is 12.8 Å². The summed E-state index contributed by atoms with van der Waals surface area (Å²) in [5, 5.41) is 11.9. The van der Waals surface area contributed by atoms with E-state index >= 15 is 0 Å². The maximum atomic E-state index is 12.7. The number of carbonyl (C=O) groups is 1. The van der Waals surface area contributed by atoms with Gasteiger partial charge in [-0.1, -0.05) is 12.8 Å². The molecule has 0 aliphatic heterocycles. The van der Waals surface area contributed by atoms with Crippen molar-refractivity contribution >= 4 is 11.7 Å². The summed E-state index contributed by atoms with van der Waals surface area (Å²) in [4.78, 5) is 12.7. The van der Waals surface area contributed by atoms with Gasteiger partial charge in [0.15, 0.2) is 0 Å². The first-order valence-corrected chi connectivity index (χ1v) is 8.59. The largest absolute Gasteiger partial charge is 0.305 e. The fraction of sp³-hybridized carbons (Fsp3) is 0.588. The number of anilines is 1. The summed E-state index contributed by atoms with van der Waals surface area (Å²) in [7, 11) is 0. The number of aryl methyl sites for hydroxylation is 1. The zero-order chi connectivity index (χ0) is 15.8. The Balaban J connectivity index is 1.54. The van der Waals surface area contributed by atoms with E-state index in [0.717, 1.165) is 30.8 Å². The topological polar surface area (TPSA) is 64.7 Å². The molecular weight excluding hydrogens is 290 g/mol. The first-order chi connectivity index (χ1) is 11.2. The van der Waals surface area contributed by atoms with E-state index in [1.807, 2.05) is 28.6 Å². The summed E-state index contributed by atoms with van der Waals surface area (Å²) in [5.74, 6) is 1.45. The maximum Gasteiger partial charge on any atom is 0.275 e. The van der Waals surface area contributed by atoms with Crippen molar-refractivity contribution in [3.05, 3.63) is 29.7 Å². The smallest absolute Gasteiger partial charge is 0.275 e. The van der Waals surface area contributed by atoms with Gasteiger partial charge in [-0.15, -0.1) is 0 Å². The predicted molar refractivity (Wildman–Crippen MR) is 87.4 cm³/mol. The van der Waals surface area contributed by atoms with Crippen LogP contribution in [-0.2, 0) is 6.54 Å². The third kappa shape index (κ3) is 2.90. The minimum absolute atomic E-state index is 0.0879. The van der Waals surface area contributed by atoms with Gasteiger partial charge in [-0.2, -0.15) is 10.2 Å². The lowest BCUT2D eigenvalue weighted by molar-refractivity contribution is 0.101. The lowest BCUT2D eigenvalue weighted by Gasteiger charge is -2.15. The van der Waals surface area contributed by atoms with Crippen molar-refractivity contribution < 1.29 is 4.79 Å². The third-order valence-electron chi connectivity index (χ3n) is 4.96. The number of aromatic nitrogens is 4. The van der Waals surface area contributed by atoms with Crippen LogP contribution >= 0.6 is 0 Å². The van der Waals surface area contributed by atoms with Gasteiger partial charge >= 0.3 is 0 Å². The Morgan fingerprint density at radius 2 is 2.04 bits per heavy atom. The molecule has 1 N–H and O–H groups in total. The van der Waals surface area contributed by atoms with E-state index in [-0.39, 0.29) is 5.91 Å². The van der Waals surface area contributed by atoms with E-state index in [2.05, 4.69) is 15.5 Å². The van der Waals surface area contributed by atoms with Crippen LogP contribution in [0.3, 0.4) is 0 Å². The second kappa shape index (κ2) is 5.83. The van der Waals surface area contributed by atoms with Gasteiger partial charge in [-0.3, -0.25) is 9.48 Å². The van der Waals surface area contributed by atoms with E-state index in [1.54, 1.807) is 6.20 Å². The number of rotatable bonds is 5. The Labute approximate surface area is 135 Å². The molecule has 0 radical (unpaired) electrons. The van der Waals surface area contributed by atoms with Gasteiger partial charge in [0.05, 0.1) is 12.2 Å². The Morgan fingerprint density at radius 3 is 2.78 bits per heavy atom. The minimum atomic E-state index is -0.0879. The molecule has 2 aliphatic rings. The Morgan fingerprint density at radius 1 is 1.26 bits per heavy atom. The van der Waals surface area contributed by atoms with Crippen LogP contribution in [0.1, 0.15) is 60.6 Å². The second-order valence-corrected chi connectivity index (χ2v) is 6.86. The molecule has 0 atom stereocenters. The molecule has 6 heteroatoms. The summed E-state index contributed by atoms with van der Waals surface area (Å²) in [6, 6.07) is 2.17. The normalized spacial score (nSPS) is 18.5. The molecule has 4 rings (SSSR count). The second-order valence-electron chi connectivity index (χ2n) is 6.86. The van der Waals surface area contributed by atoms with Crippen molar-refractivity contribution in [3.8, 4) is 0 Å². The van der Waals surface area contributed by atoms with Crippen LogP contribution in [0.4, 0.5) is 5.82 Å². The zero-order valence-corrected chi connectivity index (χ0v) is 13.5. The highest BCUT2D eigenvalue weighted by molar-refractivity contribution is 6.02. The number of carbonyl (C=O) groups excluding carboxylic acids is 1. The van der Waals surface area contributed by atoms with Crippen LogP contribution in [0.2, 0.25) is 0 Å². The van der Waals surface area contributed by atoms with Crippen molar-refractivity contribution in [1.29, 1.82) is 0 Å². The van der Waals surface area contributed by atoms with E-state index in [4.69, 9.17) is 0 Å². The molecule has 2 aromatic rings. The fourth-order valence-corrected chi connectivity index (χ4v) is 3.43. The summed E-state index contributed by atoms with van der Waals surface area (Å²) >= 11 is 0. The summed E-state index contributed by atoms with van der Waals surface area (Å²) < 4.78 is 3.83. The van der Waals surface area contributed by atoms with Crippen LogP contribution in [0.15, 0.2) is 18.5 Å². The lowest BCUT2D eigenvalue weighted by Crippen LogP contribution is -2.22. The molecule has 2 saturated carbocycles. The molecule has 2 aliphatic carbocycles. The van der Waals surface area contributed by atoms with Crippen molar-refractivity contribution in [2.75, 3.05) is 5.32 Å². The predicted octanol–water partition coefficient (Wildman–Crippen LogP) is 3.17. The molecule has 2 heterocycles. The molecule has 2 aromatic heterocycles. The number of hydrogen-bond acceptors (Lipinski definition) is 3. The molecule has 6 nitrogen and oxygen atoms in total. The summed E-state index contributed by atoms with van der Waals surface area (Å²) in [5.41, 5.74) is 1.65. The molecule has 122 valence electrons. The van der Waals surface area contributed by atoms with Gasteiger partial charge in [-0.25, -0.2) is 4.68 Å². The van der Waals surface area contributed by atoms with E-state index in [0.29, 0.717) is 17.7 Å². The number of nitrogens with zero attached hydrogens (tertiary/aromatic N) is 4. The highest BCUT2D eigenvalue weighted by Gasteiger charge is 2.26. The lowest BCUT2D eigenvalue weighted by atomic mass is 10.2. The molecule has 0 bridgehead atoms. The van der Waals surface area contributed by atoms with Gasteiger partial charge in [0.2, 0.25) is 0 Å². The quantitative estimate of drug-likeness (QED) is 0.922. The summed E-state index contributed by atoms with van der Waals surface area (Å²) in [6.07, 6.45) is 10.7. The van der Waals surface area contributed by atoms with Crippen molar-refractivity contribution in [1.82, 2.24) is 19.6 Å². The molecule has 0 unspecified atom stereocenters. The Bertz CT molecular complexity index is 706.